The zero-order chi connectivity index (χ0) is 10.7. The van der Waals surface area contributed by atoms with Crippen molar-refractivity contribution in [1.82, 2.24) is 0 Å². The van der Waals surface area contributed by atoms with Crippen LogP contribution in [0, 0.1) is 0 Å². The van der Waals surface area contributed by atoms with Crippen LogP contribution in [0.25, 0.3) is 0 Å². The normalized spacial score (nSPS) is 14.6. The molecule has 2 N–H and O–H groups in total. The Balaban J connectivity index is 2.23. The van der Waals surface area contributed by atoms with Crippen molar-refractivity contribution in [3.63, 3.8) is 0 Å². The number of nitrogens with one attached hydrogen (secondary N) is 1. The van der Waals surface area contributed by atoms with Crippen molar-refractivity contribution in [1.29, 1.82) is 0 Å². The van der Waals surface area contributed by atoms with Crippen LogP contribution in [0.4, 0.5) is 5.69 Å². The van der Waals surface area contributed by atoms with Gasteiger partial charge in [0.25, 0.3) is 6.02 Å². The van der Waals surface area contributed by atoms with Gasteiger partial charge in [0.15, 0.2) is 0 Å². The maximum Gasteiger partial charge on any atom is 0.289 e. The number of hydrogen-bond donors (Lipinski definition) is 2. The molecule has 80 valence electrons. The number of anilines is 1. The van der Waals surface area contributed by atoms with Crippen molar-refractivity contribution in [2.24, 2.45) is 4.99 Å². The number of phenolic OH excluding ortho intramolecular Hbond substituents is 1. The fourth-order valence-corrected chi connectivity index (χ4v) is 1.59. The summed E-state index contributed by atoms with van der Waals surface area (Å²) < 4.78 is 5.25. The molecule has 4 heteroatoms. The number of aliphatic imine (C=N–C) groups is 1. The third-order valence-corrected chi connectivity index (χ3v) is 2.33. The monoisotopic (exact) mass is 206 g/mol. The summed E-state index contributed by atoms with van der Waals surface area (Å²) in [4.78, 5) is 4.14. The Kier molecular flexibility index (Phi) is 2.76. The Hall–Kier alpha value is -1.71. The SMILES string of the molecule is CCc1c(O)cccc1NC1=NCCO1. The highest BCUT2D eigenvalue weighted by Gasteiger charge is 2.11. The predicted molar refractivity (Wildman–Crippen MR) is 59.4 cm³/mol. The molecule has 4 nitrogen and oxygen atoms in total. The van der Waals surface area contributed by atoms with Crippen molar-refractivity contribution in [3.05, 3.63) is 23.8 Å². The van der Waals surface area contributed by atoms with Gasteiger partial charge in [0.2, 0.25) is 0 Å². The minimum atomic E-state index is 0.307. The summed E-state index contributed by atoms with van der Waals surface area (Å²) in [5, 5.41) is 12.7. The summed E-state index contributed by atoms with van der Waals surface area (Å²) in [6.07, 6.45) is 0.766. The van der Waals surface area contributed by atoms with Gasteiger partial charge < -0.3 is 15.2 Å². The topological polar surface area (TPSA) is 53.8 Å². The molecule has 1 heterocycles. The molecule has 0 saturated carbocycles. The van der Waals surface area contributed by atoms with Gasteiger partial charge in [-0.1, -0.05) is 13.0 Å². The molecule has 0 radical (unpaired) electrons. The Morgan fingerprint density at radius 3 is 3.07 bits per heavy atom. The highest BCUT2D eigenvalue weighted by Crippen LogP contribution is 2.26. The lowest BCUT2D eigenvalue weighted by Crippen LogP contribution is -2.13. The Labute approximate surface area is 88.6 Å². The lowest BCUT2D eigenvalue weighted by molar-refractivity contribution is 0.346. The number of ether oxygens (including phenoxy) is 1. The van der Waals surface area contributed by atoms with Crippen LogP contribution in [0.15, 0.2) is 23.2 Å². The maximum absolute atomic E-state index is 9.64. The third kappa shape index (κ3) is 2.03. The van der Waals surface area contributed by atoms with Gasteiger partial charge in [-0.25, -0.2) is 4.99 Å². The molecule has 0 saturated heterocycles. The molecule has 0 spiro atoms. The van der Waals surface area contributed by atoms with Gasteiger partial charge in [-0.15, -0.1) is 0 Å². The number of aromatic hydroxyl groups is 1. The summed E-state index contributed by atoms with van der Waals surface area (Å²) in [5.74, 6) is 0.307. The van der Waals surface area contributed by atoms with Crippen LogP contribution in [-0.4, -0.2) is 24.3 Å². The van der Waals surface area contributed by atoms with Crippen molar-refractivity contribution in [2.75, 3.05) is 18.5 Å². The summed E-state index contributed by atoms with van der Waals surface area (Å²) in [6.45, 7) is 3.32. The summed E-state index contributed by atoms with van der Waals surface area (Å²) in [5.41, 5.74) is 1.74. The summed E-state index contributed by atoms with van der Waals surface area (Å²) in [6, 6.07) is 5.92. The molecular weight excluding hydrogens is 192 g/mol. The van der Waals surface area contributed by atoms with E-state index >= 15 is 0 Å². The molecule has 0 fully saturated rings. The van der Waals surface area contributed by atoms with Crippen LogP contribution in [0.2, 0.25) is 0 Å². The quantitative estimate of drug-likeness (QED) is 0.775. The maximum atomic E-state index is 9.64. The van der Waals surface area contributed by atoms with Crippen molar-refractivity contribution < 1.29 is 9.84 Å². The minimum absolute atomic E-state index is 0.307. The molecule has 0 aromatic heterocycles. The first-order chi connectivity index (χ1) is 7.31. The van der Waals surface area contributed by atoms with Crippen molar-refractivity contribution in [2.45, 2.75) is 13.3 Å². The highest BCUT2D eigenvalue weighted by atomic mass is 16.5. The van der Waals surface area contributed by atoms with E-state index < -0.39 is 0 Å². The smallest absolute Gasteiger partial charge is 0.289 e. The van der Waals surface area contributed by atoms with E-state index in [1.165, 1.54) is 0 Å². The van der Waals surface area contributed by atoms with Crippen molar-refractivity contribution in [3.8, 4) is 5.75 Å². The van der Waals surface area contributed by atoms with E-state index in [0.29, 0.717) is 24.9 Å². The molecule has 1 aromatic carbocycles. The van der Waals surface area contributed by atoms with Gasteiger partial charge in [-0.05, 0) is 18.6 Å². The first kappa shape index (κ1) is 9.83. The van der Waals surface area contributed by atoms with Crippen LogP contribution in [0.3, 0.4) is 0 Å². The molecule has 1 aliphatic heterocycles. The van der Waals surface area contributed by atoms with Gasteiger partial charge in [0.05, 0.1) is 6.54 Å². The standard InChI is InChI=1S/C11H14N2O2/c1-2-8-9(4-3-5-10(8)14)13-11-12-6-7-15-11/h3-5,14H,2,6-7H2,1H3,(H,12,13). The molecule has 1 aliphatic rings. The van der Waals surface area contributed by atoms with Gasteiger partial charge in [0, 0.05) is 11.3 Å². The molecule has 2 rings (SSSR count). The van der Waals surface area contributed by atoms with Gasteiger partial charge in [-0.3, -0.25) is 0 Å². The summed E-state index contributed by atoms with van der Waals surface area (Å²) in [7, 11) is 0. The Morgan fingerprint density at radius 2 is 2.40 bits per heavy atom. The number of rotatable bonds is 2. The molecule has 0 atom stereocenters. The molecule has 0 amide bonds. The zero-order valence-electron chi connectivity index (χ0n) is 8.66. The highest BCUT2D eigenvalue weighted by molar-refractivity contribution is 5.91. The molecule has 1 aromatic rings. The first-order valence-corrected chi connectivity index (χ1v) is 5.06. The lowest BCUT2D eigenvalue weighted by atomic mass is 10.1. The van der Waals surface area contributed by atoms with E-state index in [4.69, 9.17) is 4.74 Å². The van der Waals surface area contributed by atoms with Crippen LogP contribution >= 0.6 is 0 Å². The number of amidine groups is 1. The van der Waals surface area contributed by atoms with Crippen molar-refractivity contribution >= 4 is 11.7 Å². The predicted octanol–water partition coefficient (Wildman–Crippen LogP) is 1.75. The van der Waals surface area contributed by atoms with E-state index in [1.807, 2.05) is 13.0 Å². The average molecular weight is 206 g/mol. The minimum Gasteiger partial charge on any atom is -0.508 e. The lowest BCUT2D eigenvalue weighted by Gasteiger charge is -2.11. The fourth-order valence-electron chi connectivity index (χ4n) is 1.59. The number of benzene rings is 1. The second-order valence-corrected chi connectivity index (χ2v) is 3.32. The van der Waals surface area contributed by atoms with E-state index in [-0.39, 0.29) is 0 Å². The number of hydrogen-bond acceptors (Lipinski definition) is 4. The van der Waals surface area contributed by atoms with Gasteiger partial charge in [-0.2, -0.15) is 0 Å². The Bertz CT molecular complexity index is 388. The second kappa shape index (κ2) is 4.21. The Morgan fingerprint density at radius 1 is 1.53 bits per heavy atom. The first-order valence-electron chi connectivity index (χ1n) is 5.06. The molecule has 0 unspecified atom stereocenters. The summed E-state index contributed by atoms with van der Waals surface area (Å²) >= 11 is 0. The molecule has 0 aliphatic carbocycles. The number of phenols is 1. The van der Waals surface area contributed by atoms with Crippen LogP contribution < -0.4 is 5.32 Å². The van der Waals surface area contributed by atoms with Crippen LogP contribution in [0.1, 0.15) is 12.5 Å². The van der Waals surface area contributed by atoms with E-state index in [1.54, 1.807) is 12.1 Å². The fraction of sp³-hybridized carbons (Fsp3) is 0.364. The van der Waals surface area contributed by atoms with E-state index in [2.05, 4.69) is 10.3 Å². The second-order valence-electron chi connectivity index (χ2n) is 3.32. The van der Waals surface area contributed by atoms with E-state index in [0.717, 1.165) is 17.7 Å². The number of nitrogens with zero attached hydrogens (tertiary/aromatic N) is 1. The van der Waals surface area contributed by atoms with Gasteiger partial charge in [0.1, 0.15) is 12.4 Å². The molecule has 0 bridgehead atoms. The largest absolute Gasteiger partial charge is 0.508 e. The van der Waals surface area contributed by atoms with E-state index in [9.17, 15) is 5.11 Å². The molecular formula is C11H14N2O2. The zero-order valence-corrected chi connectivity index (χ0v) is 8.66. The van der Waals surface area contributed by atoms with Crippen LogP contribution in [-0.2, 0) is 11.2 Å². The average Bonchev–Trinajstić information content (AvgIpc) is 2.71. The molecule has 15 heavy (non-hydrogen) atoms. The van der Waals surface area contributed by atoms with Crippen LogP contribution in [0.5, 0.6) is 5.75 Å². The van der Waals surface area contributed by atoms with Gasteiger partial charge >= 0.3 is 0 Å². The third-order valence-electron chi connectivity index (χ3n) is 2.33.